The molecule has 1 fully saturated rings. The summed E-state index contributed by atoms with van der Waals surface area (Å²) < 4.78 is 10.6. The molecule has 21 heavy (non-hydrogen) atoms. The number of nitrogens with two attached hydrogens (primary N) is 1. The van der Waals surface area contributed by atoms with E-state index in [0.29, 0.717) is 19.6 Å². The second kappa shape index (κ2) is 8.93. The molecule has 0 aromatic rings. The van der Waals surface area contributed by atoms with Gasteiger partial charge in [0.05, 0.1) is 6.10 Å². The third kappa shape index (κ3) is 4.55. The summed E-state index contributed by atoms with van der Waals surface area (Å²) in [6.45, 7) is 8.09. The fraction of sp³-hybridized carbons (Fsp3) is 0.933. The van der Waals surface area contributed by atoms with Gasteiger partial charge >= 0.3 is 0 Å². The van der Waals surface area contributed by atoms with Gasteiger partial charge in [-0.3, -0.25) is 4.79 Å². The molecule has 0 aliphatic heterocycles. The zero-order chi connectivity index (χ0) is 15.2. The highest BCUT2D eigenvalue weighted by Gasteiger charge is 2.62. The van der Waals surface area contributed by atoms with E-state index >= 15 is 0 Å². The molecule has 126 valence electrons. The van der Waals surface area contributed by atoms with E-state index in [9.17, 15) is 4.79 Å². The fourth-order valence-electron chi connectivity index (χ4n) is 2.73. The lowest BCUT2D eigenvalue weighted by Gasteiger charge is -2.57. The Morgan fingerprint density at radius 3 is 2.52 bits per heavy atom. The van der Waals surface area contributed by atoms with Crippen molar-refractivity contribution in [3.05, 3.63) is 0 Å². The molecule has 3 N–H and O–H groups in total. The van der Waals surface area contributed by atoms with Crippen molar-refractivity contribution < 1.29 is 14.3 Å². The number of rotatable bonds is 9. The van der Waals surface area contributed by atoms with E-state index in [1.54, 1.807) is 7.11 Å². The first-order chi connectivity index (χ1) is 9.40. The van der Waals surface area contributed by atoms with Crippen molar-refractivity contribution in [1.82, 2.24) is 5.32 Å². The van der Waals surface area contributed by atoms with Crippen LogP contribution < -0.4 is 11.1 Å². The molecule has 0 saturated heterocycles. The first kappa shape index (κ1) is 20.6. The Bertz CT molecular complexity index is 326. The number of halogens is 1. The van der Waals surface area contributed by atoms with Gasteiger partial charge in [0.15, 0.2) is 0 Å². The summed E-state index contributed by atoms with van der Waals surface area (Å²) >= 11 is 0. The maximum Gasteiger partial charge on any atom is 0.240 e. The van der Waals surface area contributed by atoms with E-state index in [0.717, 1.165) is 25.9 Å². The SMILES string of the molecule is CCOC1CC(N)(C(=O)NCCCCCOC)C1(C)C.Cl. The lowest BCUT2D eigenvalue weighted by Crippen LogP contribution is -2.75. The molecule has 0 radical (unpaired) electrons. The van der Waals surface area contributed by atoms with Crippen LogP contribution in [0.15, 0.2) is 0 Å². The summed E-state index contributed by atoms with van der Waals surface area (Å²) in [5.41, 5.74) is 5.17. The van der Waals surface area contributed by atoms with Crippen LogP contribution in [0.4, 0.5) is 0 Å². The molecule has 0 aromatic carbocycles. The molecule has 6 heteroatoms. The van der Waals surface area contributed by atoms with Crippen LogP contribution in [0.1, 0.15) is 46.5 Å². The van der Waals surface area contributed by atoms with Crippen molar-refractivity contribution in [1.29, 1.82) is 0 Å². The number of amides is 1. The van der Waals surface area contributed by atoms with Crippen LogP contribution in [0, 0.1) is 5.41 Å². The minimum Gasteiger partial charge on any atom is -0.385 e. The molecule has 5 nitrogen and oxygen atoms in total. The molecule has 1 rings (SSSR count). The van der Waals surface area contributed by atoms with Gasteiger partial charge in [-0.1, -0.05) is 13.8 Å². The monoisotopic (exact) mass is 322 g/mol. The quantitative estimate of drug-likeness (QED) is 0.636. The van der Waals surface area contributed by atoms with Gasteiger partial charge in [-0.15, -0.1) is 12.4 Å². The molecule has 2 atom stereocenters. The van der Waals surface area contributed by atoms with Gasteiger partial charge in [-0.25, -0.2) is 0 Å². The molecular formula is C15H31ClN2O3. The molecular weight excluding hydrogens is 292 g/mol. The minimum absolute atomic E-state index is 0. The lowest BCUT2D eigenvalue weighted by atomic mass is 9.54. The highest BCUT2D eigenvalue weighted by molar-refractivity contribution is 5.88. The number of methoxy groups -OCH3 is 1. The summed E-state index contributed by atoms with van der Waals surface area (Å²) in [5, 5.41) is 2.96. The molecule has 1 saturated carbocycles. The van der Waals surface area contributed by atoms with Crippen LogP contribution in [0.3, 0.4) is 0 Å². The van der Waals surface area contributed by atoms with Crippen LogP contribution in [0.25, 0.3) is 0 Å². The average molecular weight is 323 g/mol. The highest BCUT2D eigenvalue weighted by Crippen LogP contribution is 2.49. The molecule has 0 heterocycles. The van der Waals surface area contributed by atoms with E-state index in [2.05, 4.69) is 5.32 Å². The summed E-state index contributed by atoms with van der Waals surface area (Å²) in [6.07, 6.45) is 3.71. The Balaban J connectivity index is 0.00000400. The molecule has 1 aliphatic carbocycles. The van der Waals surface area contributed by atoms with Gasteiger partial charge in [0.25, 0.3) is 0 Å². The predicted molar refractivity (Wildman–Crippen MR) is 86.7 cm³/mol. The van der Waals surface area contributed by atoms with E-state index in [-0.39, 0.29) is 29.8 Å². The summed E-state index contributed by atoms with van der Waals surface area (Å²) in [4.78, 5) is 12.3. The first-order valence-corrected chi connectivity index (χ1v) is 7.58. The maximum absolute atomic E-state index is 12.3. The Morgan fingerprint density at radius 2 is 2.00 bits per heavy atom. The normalized spacial score (nSPS) is 26.6. The predicted octanol–water partition coefficient (Wildman–Crippen LogP) is 1.87. The van der Waals surface area contributed by atoms with Crippen molar-refractivity contribution in [2.45, 2.75) is 58.1 Å². The Hall–Kier alpha value is -0.360. The topological polar surface area (TPSA) is 73.6 Å². The Morgan fingerprint density at radius 1 is 1.33 bits per heavy atom. The Kier molecular flexibility index (Phi) is 8.78. The van der Waals surface area contributed by atoms with Crippen LogP contribution in [-0.4, -0.2) is 44.4 Å². The molecule has 0 bridgehead atoms. The third-order valence-electron chi connectivity index (χ3n) is 4.55. The number of unbranched alkanes of at least 4 members (excludes halogenated alkanes) is 2. The second-order valence-electron chi connectivity index (χ2n) is 6.15. The smallest absolute Gasteiger partial charge is 0.240 e. The molecule has 1 amide bonds. The highest BCUT2D eigenvalue weighted by atomic mass is 35.5. The summed E-state index contributed by atoms with van der Waals surface area (Å²) in [7, 11) is 1.70. The van der Waals surface area contributed by atoms with Crippen molar-refractivity contribution in [3.63, 3.8) is 0 Å². The number of ether oxygens (including phenoxy) is 2. The number of carbonyl (C=O) groups is 1. The molecule has 0 spiro atoms. The van der Waals surface area contributed by atoms with Crippen LogP contribution >= 0.6 is 12.4 Å². The lowest BCUT2D eigenvalue weighted by molar-refractivity contribution is -0.170. The average Bonchev–Trinajstić information content (AvgIpc) is 2.41. The maximum atomic E-state index is 12.3. The Labute approximate surface area is 134 Å². The fourth-order valence-corrected chi connectivity index (χ4v) is 2.73. The first-order valence-electron chi connectivity index (χ1n) is 7.58. The summed E-state index contributed by atoms with van der Waals surface area (Å²) in [5.74, 6) is -0.0507. The van der Waals surface area contributed by atoms with E-state index < -0.39 is 5.54 Å². The van der Waals surface area contributed by atoms with Gasteiger partial charge in [-0.05, 0) is 26.2 Å². The molecule has 2 unspecified atom stereocenters. The van der Waals surface area contributed by atoms with Gasteiger partial charge < -0.3 is 20.5 Å². The second-order valence-corrected chi connectivity index (χ2v) is 6.15. The zero-order valence-corrected chi connectivity index (χ0v) is 14.6. The van der Waals surface area contributed by atoms with Gasteiger partial charge in [0, 0.05) is 38.7 Å². The van der Waals surface area contributed by atoms with Gasteiger partial charge in [-0.2, -0.15) is 0 Å². The number of hydrogen-bond acceptors (Lipinski definition) is 4. The van der Waals surface area contributed by atoms with E-state index in [4.69, 9.17) is 15.2 Å². The van der Waals surface area contributed by atoms with Crippen LogP contribution in [0.2, 0.25) is 0 Å². The third-order valence-corrected chi connectivity index (χ3v) is 4.55. The van der Waals surface area contributed by atoms with Gasteiger partial charge in [0.2, 0.25) is 5.91 Å². The van der Waals surface area contributed by atoms with Crippen molar-refractivity contribution in [3.8, 4) is 0 Å². The largest absolute Gasteiger partial charge is 0.385 e. The number of hydrogen-bond donors (Lipinski definition) is 2. The van der Waals surface area contributed by atoms with Crippen LogP contribution in [-0.2, 0) is 14.3 Å². The minimum atomic E-state index is -0.806. The summed E-state index contributed by atoms with van der Waals surface area (Å²) in [6, 6.07) is 0. The van der Waals surface area contributed by atoms with Crippen molar-refractivity contribution in [2.75, 3.05) is 26.9 Å². The van der Waals surface area contributed by atoms with E-state index in [1.807, 2.05) is 20.8 Å². The van der Waals surface area contributed by atoms with Crippen LogP contribution in [0.5, 0.6) is 0 Å². The van der Waals surface area contributed by atoms with Crippen molar-refractivity contribution >= 4 is 18.3 Å². The zero-order valence-electron chi connectivity index (χ0n) is 13.7. The van der Waals surface area contributed by atoms with Gasteiger partial charge in [0.1, 0.15) is 5.54 Å². The standard InChI is InChI=1S/C15H30N2O3.ClH/c1-5-20-12-11-15(16,14(12,2)3)13(18)17-9-7-6-8-10-19-4;/h12H,5-11,16H2,1-4H3,(H,17,18);1H. The number of carbonyl (C=O) groups excluding carboxylic acids is 1. The number of nitrogens with one attached hydrogen (secondary N) is 1. The van der Waals surface area contributed by atoms with Crippen molar-refractivity contribution in [2.24, 2.45) is 11.1 Å². The molecule has 0 aromatic heterocycles. The van der Waals surface area contributed by atoms with E-state index in [1.165, 1.54) is 0 Å². The molecule has 1 aliphatic rings.